The van der Waals surface area contributed by atoms with Crippen molar-refractivity contribution in [2.75, 3.05) is 6.54 Å². The first-order valence-electron chi connectivity index (χ1n) is 6.96. The van der Waals surface area contributed by atoms with Crippen LogP contribution in [0.15, 0.2) is 40.9 Å². The first-order valence-corrected chi connectivity index (χ1v) is 8.84. The number of nitrogens with one attached hydrogen (secondary N) is 1. The molecule has 1 nitrogen and oxygen atoms in total. The minimum atomic E-state index is -0.182. The van der Waals surface area contributed by atoms with Gasteiger partial charge < -0.3 is 5.32 Å². The summed E-state index contributed by atoms with van der Waals surface area (Å²) in [7, 11) is 0. The molecule has 21 heavy (non-hydrogen) atoms. The third-order valence-corrected chi connectivity index (χ3v) is 4.74. The van der Waals surface area contributed by atoms with Gasteiger partial charge in [-0.05, 0) is 89.5 Å². The van der Waals surface area contributed by atoms with Crippen LogP contribution in [0.2, 0.25) is 0 Å². The molecule has 0 amide bonds. The Morgan fingerprint density at radius 3 is 2.67 bits per heavy atom. The summed E-state index contributed by atoms with van der Waals surface area (Å²) in [5.74, 6) is -0.182. The predicted octanol–water partition coefficient (Wildman–Crippen LogP) is 5.59. The lowest BCUT2D eigenvalue weighted by Gasteiger charge is -2.22. The molecule has 0 heterocycles. The largest absolute Gasteiger partial charge is 0.306 e. The van der Waals surface area contributed by atoms with Crippen LogP contribution in [-0.4, -0.2) is 6.54 Å². The second-order valence-electron chi connectivity index (χ2n) is 5.11. The van der Waals surface area contributed by atoms with Crippen molar-refractivity contribution in [3.63, 3.8) is 0 Å². The van der Waals surface area contributed by atoms with Gasteiger partial charge >= 0.3 is 0 Å². The van der Waals surface area contributed by atoms with Crippen LogP contribution in [0, 0.1) is 16.3 Å². The highest BCUT2D eigenvalue weighted by Crippen LogP contribution is 2.30. The molecule has 112 valence electrons. The second-order valence-corrected chi connectivity index (χ2v) is 7.19. The zero-order valence-corrected chi connectivity index (χ0v) is 15.8. The fourth-order valence-corrected chi connectivity index (χ4v) is 3.39. The van der Waals surface area contributed by atoms with Crippen LogP contribution >= 0.6 is 38.5 Å². The van der Waals surface area contributed by atoms with E-state index in [9.17, 15) is 4.39 Å². The molecule has 0 bridgehead atoms. The molecular formula is C17H18BrFIN. The highest BCUT2D eigenvalue weighted by Gasteiger charge is 2.17. The first-order chi connectivity index (χ1) is 10.0. The van der Waals surface area contributed by atoms with Crippen molar-refractivity contribution in [2.24, 2.45) is 0 Å². The maximum Gasteiger partial charge on any atom is 0.123 e. The van der Waals surface area contributed by atoms with Gasteiger partial charge in [0.25, 0.3) is 0 Å². The van der Waals surface area contributed by atoms with Gasteiger partial charge in [0.05, 0.1) is 6.04 Å². The Hall–Kier alpha value is -0.460. The monoisotopic (exact) mass is 461 g/mol. The minimum Gasteiger partial charge on any atom is -0.306 e. The molecule has 0 fully saturated rings. The molecule has 0 aliphatic rings. The van der Waals surface area contributed by atoms with Gasteiger partial charge in [-0.2, -0.15) is 0 Å². The molecule has 0 aliphatic heterocycles. The van der Waals surface area contributed by atoms with Gasteiger partial charge in [0.2, 0.25) is 0 Å². The van der Waals surface area contributed by atoms with E-state index in [1.54, 1.807) is 12.1 Å². The lowest BCUT2D eigenvalue weighted by atomic mass is 9.97. The van der Waals surface area contributed by atoms with E-state index in [0.717, 1.165) is 28.6 Å². The summed E-state index contributed by atoms with van der Waals surface area (Å²) in [5.41, 5.74) is 3.08. The fraction of sp³-hybridized carbons (Fsp3) is 0.294. The molecular weight excluding hydrogens is 444 g/mol. The number of benzene rings is 2. The summed E-state index contributed by atoms with van der Waals surface area (Å²) in [6.45, 7) is 4.95. The van der Waals surface area contributed by atoms with Gasteiger partial charge in [-0.25, -0.2) is 4.39 Å². The zero-order chi connectivity index (χ0) is 15.4. The van der Waals surface area contributed by atoms with E-state index in [-0.39, 0.29) is 11.9 Å². The van der Waals surface area contributed by atoms with E-state index in [2.05, 4.69) is 62.9 Å². The standard InChI is InChI=1S/C17H18BrFIN/c1-3-6-21-17(12-7-11(2)8-14(19)9-12)15-10-13(18)4-5-16(15)20/h4-5,7-10,17,21H,3,6H2,1-2H3. The third-order valence-electron chi connectivity index (χ3n) is 3.27. The highest BCUT2D eigenvalue weighted by molar-refractivity contribution is 14.1. The van der Waals surface area contributed by atoms with E-state index < -0.39 is 0 Å². The smallest absolute Gasteiger partial charge is 0.123 e. The molecule has 0 saturated carbocycles. The lowest BCUT2D eigenvalue weighted by molar-refractivity contribution is 0.583. The summed E-state index contributed by atoms with van der Waals surface area (Å²) in [6.07, 6.45) is 1.04. The van der Waals surface area contributed by atoms with Crippen molar-refractivity contribution < 1.29 is 4.39 Å². The molecule has 2 aromatic carbocycles. The number of halogens is 3. The van der Waals surface area contributed by atoms with Crippen molar-refractivity contribution in [1.29, 1.82) is 0 Å². The Morgan fingerprint density at radius 1 is 1.24 bits per heavy atom. The van der Waals surface area contributed by atoms with Crippen molar-refractivity contribution in [3.8, 4) is 0 Å². The Bertz CT molecular complexity index is 610. The van der Waals surface area contributed by atoms with Crippen molar-refractivity contribution in [2.45, 2.75) is 26.3 Å². The topological polar surface area (TPSA) is 12.0 Å². The summed E-state index contributed by atoms with van der Waals surface area (Å²) in [6, 6.07) is 11.4. The molecule has 0 spiro atoms. The van der Waals surface area contributed by atoms with Crippen LogP contribution < -0.4 is 5.32 Å². The summed E-state index contributed by atoms with van der Waals surface area (Å²) in [5, 5.41) is 3.53. The molecule has 2 rings (SSSR count). The third kappa shape index (κ3) is 4.50. The van der Waals surface area contributed by atoms with Gasteiger partial charge in [-0.3, -0.25) is 0 Å². The Labute approximate surface area is 147 Å². The number of rotatable bonds is 5. The van der Waals surface area contributed by atoms with E-state index in [4.69, 9.17) is 0 Å². The van der Waals surface area contributed by atoms with Gasteiger partial charge in [-0.15, -0.1) is 0 Å². The molecule has 1 unspecified atom stereocenters. The molecule has 0 aliphatic carbocycles. The first kappa shape index (κ1) is 16.9. The average molecular weight is 462 g/mol. The van der Waals surface area contributed by atoms with Crippen LogP contribution in [0.3, 0.4) is 0 Å². The number of hydrogen-bond donors (Lipinski definition) is 1. The van der Waals surface area contributed by atoms with Gasteiger partial charge in [-0.1, -0.05) is 28.9 Å². The maximum atomic E-state index is 13.8. The predicted molar refractivity (Wildman–Crippen MR) is 98.1 cm³/mol. The molecule has 1 N–H and O–H groups in total. The van der Waals surface area contributed by atoms with Crippen LogP contribution in [0.1, 0.15) is 36.1 Å². The number of aryl methyl sites for hydroxylation is 1. The fourth-order valence-electron chi connectivity index (χ4n) is 2.36. The Morgan fingerprint density at radius 2 is 2.00 bits per heavy atom. The Kier molecular flexibility index (Phi) is 6.20. The average Bonchev–Trinajstić information content (AvgIpc) is 2.42. The highest BCUT2D eigenvalue weighted by atomic mass is 127. The SMILES string of the molecule is CCCNC(c1cc(C)cc(F)c1)c1cc(Br)ccc1I. The van der Waals surface area contributed by atoms with Crippen LogP contribution in [0.5, 0.6) is 0 Å². The minimum absolute atomic E-state index is 0.00347. The van der Waals surface area contributed by atoms with Crippen LogP contribution in [0.25, 0.3) is 0 Å². The van der Waals surface area contributed by atoms with E-state index in [1.165, 1.54) is 9.13 Å². The van der Waals surface area contributed by atoms with Crippen molar-refractivity contribution in [1.82, 2.24) is 5.32 Å². The van der Waals surface area contributed by atoms with Gasteiger partial charge in [0.1, 0.15) is 5.82 Å². The van der Waals surface area contributed by atoms with Crippen LogP contribution in [0.4, 0.5) is 4.39 Å². The molecule has 2 aromatic rings. The molecule has 1 atom stereocenters. The summed E-state index contributed by atoms with van der Waals surface area (Å²) < 4.78 is 16.0. The maximum absolute atomic E-state index is 13.8. The van der Waals surface area contributed by atoms with E-state index >= 15 is 0 Å². The van der Waals surface area contributed by atoms with Gasteiger partial charge in [0, 0.05) is 8.04 Å². The molecule has 0 aromatic heterocycles. The Balaban J connectivity index is 2.49. The summed E-state index contributed by atoms with van der Waals surface area (Å²) in [4.78, 5) is 0. The van der Waals surface area contributed by atoms with Crippen molar-refractivity contribution >= 4 is 38.5 Å². The summed E-state index contributed by atoms with van der Waals surface area (Å²) >= 11 is 5.86. The molecule has 4 heteroatoms. The zero-order valence-electron chi connectivity index (χ0n) is 12.1. The quantitative estimate of drug-likeness (QED) is 0.572. The lowest BCUT2D eigenvalue weighted by Crippen LogP contribution is -2.24. The van der Waals surface area contributed by atoms with E-state index in [1.807, 2.05) is 19.1 Å². The molecule has 0 radical (unpaired) electrons. The molecule has 0 saturated heterocycles. The second kappa shape index (κ2) is 7.70. The number of hydrogen-bond acceptors (Lipinski definition) is 1. The normalized spacial score (nSPS) is 12.4. The van der Waals surface area contributed by atoms with Crippen LogP contribution in [-0.2, 0) is 0 Å². The van der Waals surface area contributed by atoms with Crippen molar-refractivity contribution in [3.05, 3.63) is 66.9 Å². The van der Waals surface area contributed by atoms with E-state index in [0.29, 0.717) is 0 Å². The van der Waals surface area contributed by atoms with Gasteiger partial charge in [0.15, 0.2) is 0 Å².